The summed E-state index contributed by atoms with van der Waals surface area (Å²) in [4.78, 5) is 0. The van der Waals surface area contributed by atoms with Gasteiger partial charge in [0, 0.05) is 24.0 Å². The Morgan fingerprint density at radius 2 is 1.85 bits per heavy atom. The Kier molecular flexibility index (Phi) is 3.87. The normalized spacial score (nSPS) is 31.4. The van der Waals surface area contributed by atoms with E-state index in [2.05, 4.69) is 19.2 Å². The van der Waals surface area contributed by atoms with Gasteiger partial charge in [0.25, 0.3) is 0 Å². The maximum Gasteiger partial charge on any atom is 0.0693 e. The lowest BCUT2D eigenvalue weighted by molar-refractivity contribution is -0.177. The summed E-state index contributed by atoms with van der Waals surface area (Å²) in [6.45, 7) is 5.36. The van der Waals surface area contributed by atoms with Crippen LogP contribution in [0.2, 0.25) is 15.1 Å². The molecule has 2 fully saturated rings. The summed E-state index contributed by atoms with van der Waals surface area (Å²) in [6.07, 6.45) is 2.67. The minimum Gasteiger partial charge on any atom is -0.380 e. The van der Waals surface area contributed by atoms with Crippen LogP contribution in [0.3, 0.4) is 0 Å². The Morgan fingerprint density at radius 1 is 1.15 bits per heavy atom. The lowest BCUT2D eigenvalue weighted by Gasteiger charge is -2.60. The molecule has 1 aromatic rings. The largest absolute Gasteiger partial charge is 0.380 e. The van der Waals surface area contributed by atoms with Crippen LogP contribution < -0.4 is 5.32 Å². The van der Waals surface area contributed by atoms with Gasteiger partial charge >= 0.3 is 0 Å². The first kappa shape index (κ1) is 14.8. The number of hydrogen-bond donors (Lipinski definition) is 1. The molecule has 1 aromatic carbocycles. The van der Waals surface area contributed by atoms with Crippen LogP contribution in [0, 0.1) is 11.3 Å². The van der Waals surface area contributed by atoms with Crippen molar-refractivity contribution in [1.82, 2.24) is 0 Å². The number of halogens is 3. The van der Waals surface area contributed by atoms with E-state index >= 15 is 0 Å². The molecule has 3 rings (SSSR count). The van der Waals surface area contributed by atoms with Gasteiger partial charge in [0.2, 0.25) is 0 Å². The van der Waals surface area contributed by atoms with E-state index in [1.54, 1.807) is 12.1 Å². The molecule has 0 radical (unpaired) electrons. The van der Waals surface area contributed by atoms with E-state index in [1.807, 2.05) is 0 Å². The second-order valence-electron chi connectivity index (χ2n) is 6.29. The fourth-order valence-electron chi connectivity index (χ4n) is 3.62. The first-order chi connectivity index (χ1) is 9.41. The van der Waals surface area contributed by atoms with Gasteiger partial charge in [0.15, 0.2) is 0 Å². The summed E-state index contributed by atoms with van der Waals surface area (Å²) in [6, 6.07) is 3.84. The number of nitrogens with one attached hydrogen (secondary N) is 1. The van der Waals surface area contributed by atoms with Crippen molar-refractivity contribution in [2.24, 2.45) is 11.3 Å². The number of ether oxygens (including phenoxy) is 1. The van der Waals surface area contributed by atoms with Gasteiger partial charge in [-0.25, -0.2) is 0 Å². The highest BCUT2D eigenvalue weighted by atomic mass is 35.5. The van der Waals surface area contributed by atoms with Crippen molar-refractivity contribution in [2.75, 3.05) is 11.9 Å². The predicted octanol–water partition coefficient (Wildman–Crippen LogP) is 5.26. The van der Waals surface area contributed by atoms with Crippen LogP contribution in [-0.2, 0) is 4.74 Å². The third-order valence-electron chi connectivity index (χ3n) is 4.65. The van der Waals surface area contributed by atoms with Gasteiger partial charge in [0.1, 0.15) is 0 Å². The van der Waals surface area contributed by atoms with Gasteiger partial charge < -0.3 is 10.1 Å². The summed E-state index contributed by atoms with van der Waals surface area (Å²) in [7, 11) is 0. The fourth-order valence-corrected chi connectivity index (χ4v) is 4.22. The highest BCUT2D eigenvalue weighted by molar-refractivity contribution is 6.44. The highest BCUT2D eigenvalue weighted by Crippen LogP contribution is 2.53. The van der Waals surface area contributed by atoms with Crippen LogP contribution in [0.1, 0.15) is 26.7 Å². The standard InChI is InChI=1S/C15H18Cl3NO/c1-15(2)13(8-4-3-5-20-14(8)15)19-12-7-10(17)9(16)6-11(12)18/h6-8,13-14,19H,3-5H2,1-2H3. The molecule has 3 unspecified atom stereocenters. The van der Waals surface area contributed by atoms with Crippen LogP contribution >= 0.6 is 34.8 Å². The Hall–Kier alpha value is -0.150. The molecule has 0 amide bonds. The maximum absolute atomic E-state index is 6.26. The highest BCUT2D eigenvalue weighted by Gasteiger charge is 2.57. The molecule has 3 atom stereocenters. The molecule has 1 aliphatic carbocycles. The molecule has 0 bridgehead atoms. The van der Waals surface area contributed by atoms with Crippen molar-refractivity contribution >= 4 is 40.5 Å². The third kappa shape index (κ3) is 2.31. The molecule has 110 valence electrons. The van der Waals surface area contributed by atoms with Crippen LogP contribution in [0.15, 0.2) is 12.1 Å². The number of hydrogen-bond acceptors (Lipinski definition) is 2. The van der Waals surface area contributed by atoms with Crippen molar-refractivity contribution < 1.29 is 4.74 Å². The molecule has 2 nitrogen and oxygen atoms in total. The molecule has 1 aliphatic heterocycles. The molecular formula is C15H18Cl3NO. The Balaban J connectivity index is 1.82. The van der Waals surface area contributed by atoms with Gasteiger partial charge in [-0.2, -0.15) is 0 Å². The maximum atomic E-state index is 6.26. The molecule has 0 spiro atoms. The number of benzene rings is 1. The van der Waals surface area contributed by atoms with E-state index < -0.39 is 0 Å². The van der Waals surface area contributed by atoms with Gasteiger partial charge in [-0.15, -0.1) is 0 Å². The summed E-state index contributed by atoms with van der Waals surface area (Å²) in [5.41, 5.74) is 0.948. The van der Waals surface area contributed by atoms with Gasteiger partial charge in [0.05, 0.1) is 26.9 Å². The lowest BCUT2D eigenvalue weighted by atomic mass is 9.55. The SMILES string of the molecule is CC1(C)C(Nc2cc(Cl)c(Cl)cc2Cl)C2CCCOC21. The van der Waals surface area contributed by atoms with E-state index in [0.29, 0.717) is 33.1 Å². The van der Waals surface area contributed by atoms with E-state index in [1.165, 1.54) is 6.42 Å². The minimum atomic E-state index is 0.0977. The first-order valence-electron chi connectivity index (χ1n) is 6.94. The van der Waals surface area contributed by atoms with Crippen LogP contribution in [0.25, 0.3) is 0 Å². The summed E-state index contributed by atoms with van der Waals surface area (Å²) in [5, 5.41) is 5.16. The van der Waals surface area contributed by atoms with Crippen molar-refractivity contribution in [3.63, 3.8) is 0 Å². The van der Waals surface area contributed by atoms with Crippen molar-refractivity contribution in [2.45, 2.75) is 38.8 Å². The smallest absolute Gasteiger partial charge is 0.0693 e. The molecule has 5 heteroatoms. The second kappa shape index (κ2) is 5.24. The zero-order chi connectivity index (χ0) is 14.5. The average Bonchev–Trinajstić information content (AvgIpc) is 2.41. The van der Waals surface area contributed by atoms with Crippen molar-refractivity contribution in [3.8, 4) is 0 Å². The predicted molar refractivity (Wildman–Crippen MR) is 85.1 cm³/mol. The van der Waals surface area contributed by atoms with Crippen LogP contribution in [0.5, 0.6) is 0 Å². The topological polar surface area (TPSA) is 21.3 Å². The van der Waals surface area contributed by atoms with Crippen LogP contribution in [0.4, 0.5) is 5.69 Å². The molecule has 1 N–H and O–H groups in total. The Bertz CT molecular complexity index is 532. The Labute approximate surface area is 134 Å². The second-order valence-corrected chi connectivity index (χ2v) is 7.51. The minimum absolute atomic E-state index is 0.0977. The molecule has 20 heavy (non-hydrogen) atoms. The molecule has 1 saturated heterocycles. The summed E-state index contributed by atoms with van der Waals surface area (Å²) in [5.74, 6) is 0.546. The zero-order valence-electron chi connectivity index (χ0n) is 11.6. The quantitative estimate of drug-likeness (QED) is 0.745. The summed E-state index contributed by atoms with van der Waals surface area (Å²) >= 11 is 18.3. The average molecular weight is 335 g/mol. The molecule has 1 heterocycles. The number of fused-ring (bicyclic) bond motifs is 1. The van der Waals surface area contributed by atoms with E-state index in [-0.39, 0.29) is 5.41 Å². The van der Waals surface area contributed by atoms with E-state index in [0.717, 1.165) is 18.7 Å². The van der Waals surface area contributed by atoms with Gasteiger partial charge in [-0.05, 0) is 25.0 Å². The van der Waals surface area contributed by atoms with Crippen molar-refractivity contribution in [1.29, 1.82) is 0 Å². The van der Waals surface area contributed by atoms with E-state index in [9.17, 15) is 0 Å². The van der Waals surface area contributed by atoms with Crippen molar-refractivity contribution in [3.05, 3.63) is 27.2 Å². The Morgan fingerprint density at radius 3 is 2.60 bits per heavy atom. The number of anilines is 1. The molecule has 2 aliphatic rings. The van der Waals surface area contributed by atoms with Gasteiger partial charge in [-0.3, -0.25) is 0 Å². The summed E-state index contributed by atoms with van der Waals surface area (Å²) < 4.78 is 5.91. The van der Waals surface area contributed by atoms with Crippen LogP contribution in [-0.4, -0.2) is 18.8 Å². The van der Waals surface area contributed by atoms with Gasteiger partial charge in [-0.1, -0.05) is 48.7 Å². The zero-order valence-corrected chi connectivity index (χ0v) is 13.8. The number of rotatable bonds is 2. The van der Waals surface area contributed by atoms with E-state index in [4.69, 9.17) is 39.5 Å². The lowest BCUT2D eigenvalue weighted by Crippen LogP contribution is -2.67. The monoisotopic (exact) mass is 333 g/mol. The molecule has 1 saturated carbocycles. The third-order valence-corrected chi connectivity index (χ3v) is 5.69. The molecule has 0 aromatic heterocycles. The molecular weight excluding hydrogens is 317 g/mol. The first-order valence-corrected chi connectivity index (χ1v) is 8.07. The fraction of sp³-hybridized carbons (Fsp3) is 0.600.